The molecule has 0 aromatic carbocycles. The minimum absolute atomic E-state index is 0.325. The molecule has 0 spiro atoms. The number of aromatic nitrogens is 2. The van der Waals surface area contributed by atoms with Gasteiger partial charge in [-0.15, -0.1) is 0 Å². The molecule has 5 nitrogen and oxygen atoms in total. The number of hydrogen-bond acceptors (Lipinski definition) is 4. The predicted molar refractivity (Wildman–Crippen MR) is 74.5 cm³/mol. The van der Waals surface area contributed by atoms with E-state index in [9.17, 15) is 5.11 Å². The number of rotatable bonds is 7. The second-order valence-electron chi connectivity index (χ2n) is 4.87. The van der Waals surface area contributed by atoms with E-state index in [1.54, 1.807) is 24.9 Å². The van der Waals surface area contributed by atoms with Crippen LogP contribution in [0.25, 0.3) is 0 Å². The molecule has 0 bridgehead atoms. The minimum Gasteiger partial charge on any atom is -0.383 e. The van der Waals surface area contributed by atoms with E-state index in [1.807, 2.05) is 13.8 Å². The van der Waals surface area contributed by atoms with Crippen molar-refractivity contribution in [2.24, 2.45) is 0 Å². The summed E-state index contributed by atoms with van der Waals surface area (Å²) >= 11 is 3.44. The molecule has 1 unspecified atom stereocenters. The highest BCUT2D eigenvalue weighted by molar-refractivity contribution is 9.10. The summed E-state index contributed by atoms with van der Waals surface area (Å²) in [6.45, 7) is 7.54. The van der Waals surface area contributed by atoms with E-state index < -0.39 is 5.60 Å². The molecule has 0 amide bonds. The fraction of sp³-hybridized carbons (Fsp3) is 0.750. The Morgan fingerprint density at radius 3 is 2.83 bits per heavy atom. The lowest BCUT2D eigenvalue weighted by molar-refractivity contribution is 0.0431. The summed E-state index contributed by atoms with van der Waals surface area (Å²) in [6.07, 6.45) is 1.70. The fourth-order valence-electron chi connectivity index (χ4n) is 1.73. The first-order chi connectivity index (χ1) is 8.38. The summed E-state index contributed by atoms with van der Waals surface area (Å²) in [5, 5.41) is 18.1. The zero-order valence-electron chi connectivity index (χ0n) is 11.4. The van der Waals surface area contributed by atoms with Crippen LogP contribution in [0.4, 0.5) is 0 Å². The fourth-order valence-corrected chi connectivity index (χ4v) is 2.46. The van der Waals surface area contributed by atoms with Crippen LogP contribution in [0.15, 0.2) is 10.7 Å². The van der Waals surface area contributed by atoms with Crippen molar-refractivity contribution < 1.29 is 9.84 Å². The van der Waals surface area contributed by atoms with Gasteiger partial charge in [-0.3, -0.25) is 4.68 Å². The largest absolute Gasteiger partial charge is 0.383 e. The van der Waals surface area contributed by atoms with E-state index >= 15 is 0 Å². The third-order valence-corrected chi connectivity index (χ3v) is 3.25. The normalized spacial score (nSPS) is 15.1. The van der Waals surface area contributed by atoms with Crippen molar-refractivity contribution in [3.05, 3.63) is 16.4 Å². The van der Waals surface area contributed by atoms with Gasteiger partial charge in [-0.2, -0.15) is 5.10 Å². The molecule has 1 aromatic rings. The van der Waals surface area contributed by atoms with Gasteiger partial charge in [-0.1, -0.05) is 13.8 Å². The first-order valence-electron chi connectivity index (χ1n) is 6.05. The van der Waals surface area contributed by atoms with Gasteiger partial charge in [0.1, 0.15) is 5.60 Å². The zero-order chi connectivity index (χ0) is 13.8. The van der Waals surface area contributed by atoms with Crippen LogP contribution in [0.5, 0.6) is 0 Å². The van der Waals surface area contributed by atoms with Crippen molar-refractivity contribution in [3.63, 3.8) is 0 Å². The van der Waals surface area contributed by atoms with Crippen LogP contribution in [-0.2, 0) is 16.9 Å². The van der Waals surface area contributed by atoms with Crippen LogP contribution in [0, 0.1) is 0 Å². The van der Waals surface area contributed by atoms with Crippen LogP contribution in [0.1, 0.15) is 26.5 Å². The molecule has 0 saturated heterocycles. The van der Waals surface area contributed by atoms with Crippen LogP contribution >= 0.6 is 15.9 Å². The van der Waals surface area contributed by atoms with Crippen molar-refractivity contribution in [2.45, 2.75) is 39.0 Å². The van der Waals surface area contributed by atoms with E-state index in [2.05, 4.69) is 26.3 Å². The Morgan fingerprint density at radius 1 is 1.61 bits per heavy atom. The number of nitrogens with zero attached hydrogens (tertiary/aromatic N) is 2. The SMILES string of the molecule is COCCn1ncc(Br)c1C(C)(O)CNC(C)C. The lowest BCUT2D eigenvalue weighted by Gasteiger charge is -2.26. The monoisotopic (exact) mass is 319 g/mol. The number of ether oxygens (including phenoxy) is 1. The van der Waals surface area contributed by atoms with E-state index in [-0.39, 0.29) is 0 Å². The number of halogens is 1. The van der Waals surface area contributed by atoms with Crippen molar-refractivity contribution >= 4 is 15.9 Å². The molecule has 0 radical (unpaired) electrons. The number of aliphatic hydroxyl groups is 1. The van der Waals surface area contributed by atoms with Gasteiger partial charge in [0.2, 0.25) is 0 Å². The first kappa shape index (κ1) is 15.6. The Morgan fingerprint density at radius 2 is 2.28 bits per heavy atom. The summed E-state index contributed by atoms with van der Waals surface area (Å²) < 4.78 is 7.63. The second-order valence-corrected chi connectivity index (χ2v) is 5.72. The third kappa shape index (κ3) is 4.05. The third-order valence-electron chi connectivity index (χ3n) is 2.67. The molecule has 0 fully saturated rings. The zero-order valence-corrected chi connectivity index (χ0v) is 13.0. The molecule has 1 heterocycles. The molecular weight excluding hydrogens is 298 g/mol. The van der Waals surface area contributed by atoms with Gasteiger partial charge in [0, 0.05) is 19.7 Å². The molecule has 6 heteroatoms. The Bertz CT molecular complexity index is 377. The van der Waals surface area contributed by atoms with E-state index in [4.69, 9.17) is 4.74 Å². The first-order valence-corrected chi connectivity index (χ1v) is 6.84. The molecular formula is C12H22BrN3O2. The molecule has 18 heavy (non-hydrogen) atoms. The van der Waals surface area contributed by atoms with Gasteiger partial charge in [0.15, 0.2) is 0 Å². The van der Waals surface area contributed by atoms with Gasteiger partial charge in [-0.25, -0.2) is 0 Å². The maximum atomic E-state index is 10.6. The molecule has 0 aliphatic rings. The molecule has 2 N–H and O–H groups in total. The average molecular weight is 320 g/mol. The highest BCUT2D eigenvalue weighted by atomic mass is 79.9. The van der Waals surface area contributed by atoms with Crippen molar-refractivity contribution in [1.29, 1.82) is 0 Å². The predicted octanol–water partition coefficient (Wildman–Crippen LogP) is 1.50. The Hall–Kier alpha value is -0.430. The van der Waals surface area contributed by atoms with Crippen LogP contribution < -0.4 is 5.32 Å². The Balaban J connectivity index is 2.88. The molecule has 104 valence electrons. The van der Waals surface area contributed by atoms with Crippen LogP contribution in [0.2, 0.25) is 0 Å². The van der Waals surface area contributed by atoms with E-state index in [1.165, 1.54) is 0 Å². The summed E-state index contributed by atoms with van der Waals surface area (Å²) in [7, 11) is 1.65. The minimum atomic E-state index is -0.979. The smallest absolute Gasteiger partial charge is 0.117 e. The highest BCUT2D eigenvalue weighted by Crippen LogP contribution is 2.27. The average Bonchev–Trinajstić information content (AvgIpc) is 2.66. The van der Waals surface area contributed by atoms with Crippen molar-refractivity contribution in [2.75, 3.05) is 20.3 Å². The van der Waals surface area contributed by atoms with Gasteiger partial charge in [-0.05, 0) is 22.9 Å². The quantitative estimate of drug-likeness (QED) is 0.799. The Kier molecular flexibility index (Phi) is 5.78. The number of methoxy groups -OCH3 is 1. The lowest BCUT2D eigenvalue weighted by Crippen LogP contribution is -2.40. The second kappa shape index (κ2) is 6.65. The Labute approximate surface area is 117 Å². The summed E-state index contributed by atoms with van der Waals surface area (Å²) in [5.74, 6) is 0. The van der Waals surface area contributed by atoms with Crippen LogP contribution in [-0.4, -0.2) is 41.2 Å². The van der Waals surface area contributed by atoms with Gasteiger partial charge in [0.05, 0.1) is 29.5 Å². The van der Waals surface area contributed by atoms with Gasteiger partial charge >= 0.3 is 0 Å². The standard InChI is InChI=1S/C12H22BrN3O2/c1-9(2)14-8-12(3,17)11-10(13)7-15-16(11)5-6-18-4/h7,9,14,17H,5-6,8H2,1-4H3. The molecule has 0 aliphatic heterocycles. The number of nitrogens with one attached hydrogen (secondary N) is 1. The summed E-state index contributed by atoms with van der Waals surface area (Å²) in [6, 6.07) is 0.325. The molecule has 1 aromatic heterocycles. The maximum Gasteiger partial charge on any atom is 0.117 e. The van der Waals surface area contributed by atoms with Gasteiger partial charge < -0.3 is 15.2 Å². The van der Waals surface area contributed by atoms with Crippen molar-refractivity contribution in [1.82, 2.24) is 15.1 Å². The highest BCUT2D eigenvalue weighted by Gasteiger charge is 2.30. The molecule has 0 aliphatic carbocycles. The van der Waals surface area contributed by atoms with E-state index in [0.29, 0.717) is 25.7 Å². The van der Waals surface area contributed by atoms with Crippen LogP contribution in [0.3, 0.4) is 0 Å². The van der Waals surface area contributed by atoms with Gasteiger partial charge in [0.25, 0.3) is 0 Å². The molecule has 1 rings (SSSR count). The maximum absolute atomic E-state index is 10.6. The number of hydrogen-bond donors (Lipinski definition) is 2. The summed E-state index contributed by atoms with van der Waals surface area (Å²) in [5.41, 5.74) is -0.208. The van der Waals surface area contributed by atoms with Crippen molar-refractivity contribution in [3.8, 4) is 0 Å². The topological polar surface area (TPSA) is 59.3 Å². The lowest BCUT2D eigenvalue weighted by atomic mass is 10.0. The molecule has 0 saturated carbocycles. The van der Waals surface area contributed by atoms with E-state index in [0.717, 1.165) is 10.2 Å². The summed E-state index contributed by atoms with van der Waals surface area (Å²) in [4.78, 5) is 0. The molecule has 1 atom stereocenters.